The van der Waals surface area contributed by atoms with Crippen LogP contribution in [-0.4, -0.2) is 25.7 Å². The first kappa shape index (κ1) is 16.0. The molecular weight excluding hydrogens is 334 g/mol. The van der Waals surface area contributed by atoms with Crippen LogP contribution in [0.2, 0.25) is 0 Å². The Bertz CT molecular complexity index is 895. The van der Waals surface area contributed by atoms with Crippen LogP contribution in [-0.2, 0) is 0 Å². The number of aromatic nitrogens is 4. The zero-order valence-corrected chi connectivity index (χ0v) is 15.0. The van der Waals surface area contributed by atoms with Gasteiger partial charge in [0, 0.05) is 17.5 Å². The molecule has 1 saturated carbocycles. The molecule has 3 aromatic heterocycles. The fourth-order valence-electron chi connectivity index (χ4n) is 2.82. The van der Waals surface area contributed by atoms with Gasteiger partial charge in [0.15, 0.2) is 10.9 Å². The van der Waals surface area contributed by atoms with Crippen molar-refractivity contribution in [1.82, 2.24) is 19.7 Å². The summed E-state index contributed by atoms with van der Waals surface area (Å²) in [5.74, 6) is 1.24. The molecule has 0 radical (unpaired) electrons. The Kier molecular flexibility index (Phi) is 4.09. The quantitative estimate of drug-likeness (QED) is 0.753. The normalized spacial score (nSPS) is 14.0. The van der Waals surface area contributed by atoms with Crippen LogP contribution in [0.5, 0.6) is 0 Å². The van der Waals surface area contributed by atoms with Crippen LogP contribution >= 0.6 is 11.3 Å². The highest BCUT2D eigenvalue weighted by Gasteiger charge is 2.27. The third-order valence-corrected chi connectivity index (χ3v) is 4.98. The van der Waals surface area contributed by atoms with E-state index < -0.39 is 0 Å². The standard InChI is InChI=1S/C18H19N5OS/c1-11(2)16-13(9-20-23(16)15-5-3-4-8-19-15)17(24)22-18-21-14(10-25-18)12-6-7-12/h3-5,8-12H,6-7H2,1-2H3,(H,21,22,24). The van der Waals surface area contributed by atoms with Gasteiger partial charge in [0.1, 0.15) is 0 Å². The van der Waals surface area contributed by atoms with Crippen LogP contribution in [0.1, 0.15) is 60.3 Å². The van der Waals surface area contributed by atoms with Gasteiger partial charge in [-0.05, 0) is 30.9 Å². The van der Waals surface area contributed by atoms with Crippen molar-refractivity contribution in [3.63, 3.8) is 0 Å². The lowest BCUT2D eigenvalue weighted by Gasteiger charge is -2.11. The molecule has 3 heterocycles. The molecule has 1 aliphatic rings. The molecule has 1 amide bonds. The molecule has 0 aliphatic heterocycles. The number of thiazole rings is 1. The van der Waals surface area contributed by atoms with Gasteiger partial charge in [-0.3, -0.25) is 10.1 Å². The molecule has 128 valence electrons. The Morgan fingerprint density at radius 3 is 2.88 bits per heavy atom. The van der Waals surface area contributed by atoms with Crippen LogP contribution in [0.4, 0.5) is 5.13 Å². The molecule has 0 atom stereocenters. The number of hydrogen-bond acceptors (Lipinski definition) is 5. The summed E-state index contributed by atoms with van der Waals surface area (Å²) in [5, 5.41) is 9.99. The highest BCUT2D eigenvalue weighted by atomic mass is 32.1. The number of carbonyl (C=O) groups excluding carboxylic acids is 1. The van der Waals surface area contributed by atoms with Crippen LogP contribution < -0.4 is 5.32 Å². The van der Waals surface area contributed by atoms with E-state index >= 15 is 0 Å². The van der Waals surface area contributed by atoms with Gasteiger partial charge in [-0.15, -0.1) is 11.3 Å². The van der Waals surface area contributed by atoms with Crippen molar-refractivity contribution in [2.75, 3.05) is 5.32 Å². The highest BCUT2D eigenvalue weighted by Crippen LogP contribution is 2.41. The molecule has 1 N–H and O–H groups in total. The van der Waals surface area contributed by atoms with E-state index in [2.05, 4.69) is 20.4 Å². The molecule has 25 heavy (non-hydrogen) atoms. The van der Waals surface area contributed by atoms with Gasteiger partial charge in [-0.25, -0.2) is 14.6 Å². The maximum Gasteiger partial charge on any atom is 0.260 e. The second kappa shape index (κ2) is 6.40. The molecule has 0 aromatic carbocycles. The Hall–Kier alpha value is -2.54. The van der Waals surface area contributed by atoms with Gasteiger partial charge in [0.05, 0.1) is 23.1 Å². The minimum atomic E-state index is -0.178. The van der Waals surface area contributed by atoms with Crippen LogP contribution in [0.3, 0.4) is 0 Å². The summed E-state index contributed by atoms with van der Waals surface area (Å²) < 4.78 is 1.73. The number of hydrogen-bond donors (Lipinski definition) is 1. The predicted molar refractivity (Wildman–Crippen MR) is 97.5 cm³/mol. The van der Waals surface area contributed by atoms with Crippen molar-refractivity contribution in [2.45, 2.75) is 38.5 Å². The molecular formula is C18H19N5OS. The fraction of sp³-hybridized carbons (Fsp3) is 0.333. The summed E-state index contributed by atoms with van der Waals surface area (Å²) in [6, 6.07) is 5.64. The number of carbonyl (C=O) groups is 1. The van der Waals surface area contributed by atoms with Crippen LogP contribution in [0.15, 0.2) is 36.0 Å². The van der Waals surface area contributed by atoms with E-state index in [0.717, 1.165) is 11.4 Å². The summed E-state index contributed by atoms with van der Waals surface area (Å²) >= 11 is 1.48. The minimum absolute atomic E-state index is 0.128. The summed E-state index contributed by atoms with van der Waals surface area (Å²) in [7, 11) is 0. The minimum Gasteiger partial charge on any atom is -0.298 e. The number of amides is 1. The first-order valence-electron chi connectivity index (χ1n) is 8.39. The second-order valence-corrected chi connectivity index (χ2v) is 7.36. The van der Waals surface area contributed by atoms with Gasteiger partial charge in [-0.1, -0.05) is 19.9 Å². The second-order valence-electron chi connectivity index (χ2n) is 6.50. The van der Waals surface area contributed by atoms with E-state index in [1.807, 2.05) is 37.4 Å². The molecule has 0 bridgehead atoms. The molecule has 1 aliphatic carbocycles. The Morgan fingerprint density at radius 2 is 2.20 bits per heavy atom. The van der Waals surface area contributed by atoms with Crippen molar-refractivity contribution in [3.05, 3.63) is 52.9 Å². The first-order chi connectivity index (χ1) is 12.1. The molecule has 0 saturated heterocycles. The van der Waals surface area contributed by atoms with Crippen molar-refractivity contribution in [1.29, 1.82) is 0 Å². The predicted octanol–water partition coefficient (Wildman–Crippen LogP) is 3.98. The number of nitrogens with zero attached hydrogens (tertiary/aromatic N) is 4. The van der Waals surface area contributed by atoms with Crippen molar-refractivity contribution in [2.24, 2.45) is 0 Å². The zero-order valence-electron chi connectivity index (χ0n) is 14.1. The first-order valence-corrected chi connectivity index (χ1v) is 9.27. The maximum absolute atomic E-state index is 12.8. The Balaban J connectivity index is 1.62. The third-order valence-electron chi connectivity index (χ3n) is 4.20. The largest absolute Gasteiger partial charge is 0.298 e. The molecule has 4 rings (SSSR count). The average Bonchev–Trinajstić information content (AvgIpc) is 3.19. The molecule has 7 heteroatoms. The Morgan fingerprint density at radius 1 is 1.36 bits per heavy atom. The SMILES string of the molecule is CC(C)c1c(C(=O)Nc2nc(C3CC3)cs2)cnn1-c1ccccn1. The summed E-state index contributed by atoms with van der Waals surface area (Å²) in [6.45, 7) is 4.09. The van der Waals surface area contributed by atoms with E-state index in [-0.39, 0.29) is 11.8 Å². The molecule has 1 fully saturated rings. The number of nitrogens with one attached hydrogen (secondary N) is 1. The maximum atomic E-state index is 12.8. The lowest BCUT2D eigenvalue weighted by Crippen LogP contribution is -2.15. The van der Waals surface area contributed by atoms with E-state index in [0.29, 0.717) is 22.4 Å². The van der Waals surface area contributed by atoms with E-state index in [1.54, 1.807) is 17.1 Å². The van der Waals surface area contributed by atoms with Crippen molar-refractivity contribution < 1.29 is 4.79 Å². The smallest absolute Gasteiger partial charge is 0.260 e. The van der Waals surface area contributed by atoms with Gasteiger partial charge in [0.2, 0.25) is 0 Å². The van der Waals surface area contributed by atoms with E-state index in [9.17, 15) is 4.79 Å². The van der Waals surface area contributed by atoms with Gasteiger partial charge in [0.25, 0.3) is 5.91 Å². The number of rotatable bonds is 5. The van der Waals surface area contributed by atoms with E-state index in [4.69, 9.17) is 0 Å². The third kappa shape index (κ3) is 3.19. The average molecular weight is 353 g/mol. The molecule has 6 nitrogen and oxygen atoms in total. The zero-order chi connectivity index (χ0) is 17.4. The highest BCUT2D eigenvalue weighted by molar-refractivity contribution is 7.14. The number of anilines is 1. The van der Waals surface area contributed by atoms with Gasteiger partial charge in [-0.2, -0.15) is 5.10 Å². The fourth-order valence-corrected chi connectivity index (χ4v) is 3.61. The number of pyridine rings is 1. The summed E-state index contributed by atoms with van der Waals surface area (Å²) in [6.07, 6.45) is 5.72. The Labute approximate surface area is 149 Å². The summed E-state index contributed by atoms with van der Waals surface area (Å²) in [4.78, 5) is 21.6. The van der Waals surface area contributed by atoms with E-state index in [1.165, 1.54) is 24.2 Å². The topological polar surface area (TPSA) is 72.7 Å². The van der Waals surface area contributed by atoms with Crippen LogP contribution in [0, 0.1) is 0 Å². The molecule has 0 spiro atoms. The lowest BCUT2D eigenvalue weighted by molar-refractivity contribution is 0.102. The van der Waals surface area contributed by atoms with Crippen LogP contribution in [0.25, 0.3) is 5.82 Å². The summed E-state index contributed by atoms with van der Waals surface area (Å²) in [5.41, 5.74) is 2.49. The van der Waals surface area contributed by atoms with Crippen molar-refractivity contribution >= 4 is 22.4 Å². The van der Waals surface area contributed by atoms with Gasteiger partial charge >= 0.3 is 0 Å². The van der Waals surface area contributed by atoms with Crippen molar-refractivity contribution in [3.8, 4) is 5.82 Å². The molecule has 0 unspecified atom stereocenters. The van der Waals surface area contributed by atoms with Gasteiger partial charge < -0.3 is 0 Å². The monoisotopic (exact) mass is 353 g/mol. The molecule has 3 aromatic rings. The lowest BCUT2D eigenvalue weighted by atomic mass is 10.1.